The van der Waals surface area contributed by atoms with Crippen molar-refractivity contribution in [2.45, 2.75) is 51.8 Å². The van der Waals surface area contributed by atoms with E-state index in [0.29, 0.717) is 6.54 Å². The number of carbonyl (C=O) groups excluding carboxylic acids is 1. The molecule has 2 aliphatic rings. The number of nitrogens with zero attached hydrogens (tertiary/aromatic N) is 3. The smallest absolute Gasteiger partial charge is 0.410 e. The SMILES string of the molecule is Cc1cc([N+](=O)[O-])ccc1N1CC2CC1CN2C(=O)OC(C)(C)C. The predicted molar refractivity (Wildman–Crippen MR) is 90.3 cm³/mol. The van der Waals surface area contributed by atoms with Gasteiger partial charge in [0.25, 0.3) is 5.69 Å². The van der Waals surface area contributed by atoms with Gasteiger partial charge in [-0.25, -0.2) is 4.79 Å². The number of amides is 1. The van der Waals surface area contributed by atoms with E-state index >= 15 is 0 Å². The molecule has 24 heavy (non-hydrogen) atoms. The molecule has 0 spiro atoms. The molecule has 1 aromatic rings. The van der Waals surface area contributed by atoms with Crippen molar-refractivity contribution in [2.24, 2.45) is 0 Å². The maximum Gasteiger partial charge on any atom is 0.410 e. The van der Waals surface area contributed by atoms with Crippen molar-refractivity contribution in [1.82, 2.24) is 4.90 Å². The molecule has 2 saturated heterocycles. The van der Waals surface area contributed by atoms with Crippen LogP contribution in [0, 0.1) is 17.0 Å². The fourth-order valence-corrected chi connectivity index (χ4v) is 3.58. The summed E-state index contributed by atoms with van der Waals surface area (Å²) in [6, 6.07) is 5.33. The standard InChI is InChI=1S/C17H23N3O4/c1-11-7-12(20(22)23)5-6-15(11)18-9-14-8-13(18)10-19(14)16(21)24-17(2,3)4/h5-7,13-14H,8-10H2,1-4H3. The van der Waals surface area contributed by atoms with Crippen LogP contribution in [0.3, 0.4) is 0 Å². The number of likely N-dealkylation sites (tertiary alicyclic amines) is 1. The van der Waals surface area contributed by atoms with E-state index in [4.69, 9.17) is 4.74 Å². The summed E-state index contributed by atoms with van der Waals surface area (Å²) in [6.07, 6.45) is 0.658. The summed E-state index contributed by atoms with van der Waals surface area (Å²) in [4.78, 5) is 26.9. The third kappa shape index (κ3) is 3.02. The van der Waals surface area contributed by atoms with Gasteiger partial charge in [-0.15, -0.1) is 0 Å². The first-order chi connectivity index (χ1) is 11.2. The molecule has 3 rings (SSSR count). The van der Waals surface area contributed by atoms with Crippen molar-refractivity contribution >= 4 is 17.5 Å². The maximum atomic E-state index is 12.3. The highest BCUT2D eigenvalue weighted by Crippen LogP contribution is 2.37. The van der Waals surface area contributed by atoms with Crippen molar-refractivity contribution in [3.63, 3.8) is 0 Å². The number of aryl methyl sites for hydroxylation is 1. The normalized spacial score (nSPS) is 22.8. The number of hydrogen-bond acceptors (Lipinski definition) is 5. The molecule has 0 aliphatic carbocycles. The van der Waals surface area contributed by atoms with Gasteiger partial charge < -0.3 is 14.5 Å². The van der Waals surface area contributed by atoms with Gasteiger partial charge in [0.2, 0.25) is 0 Å². The summed E-state index contributed by atoms with van der Waals surface area (Å²) in [5, 5.41) is 10.9. The van der Waals surface area contributed by atoms with Gasteiger partial charge in [-0.1, -0.05) is 0 Å². The van der Waals surface area contributed by atoms with Gasteiger partial charge in [0.05, 0.1) is 11.0 Å². The molecule has 2 aliphatic heterocycles. The average Bonchev–Trinajstić information content (AvgIpc) is 3.05. The van der Waals surface area contributed by atoms with Crippen molar-refractivity contribution in [1.29, 1.82) is 0 Å². The molecule has 2 heterocycles. The molecule has 7 nitrogen and oxygen atoms in total. The van der Waals surface area contributed by atoms with Crippen molar-refractivity contribution in [3.05, 3.63) is 33.9 Å². The fourth-order valence-electron chi connectivity index (χ4n) is 3.58. The zero-order valence-corrected chi connectivity index (χ0v) is 14.5. The van der Waals surface area contributed by atoms with Crippen LogP contribution in [-0.2, 0) is 4.74 Å². The Morgan fingerprint density at radius 2 is 2.00 bits per heavy atom. The monoisotopic (exact) mass is 333 g/mol. The summed E-state index contributed by atoms with van der Waals surface area (Å²) in [5.41, 5.74) is 1.52. The summed E-state index contributed by atoms with van der Waals surface area (Å²) >= 11 is 0. The highest BCUT2D eigenvalue weighted by Gasteiger charge is 2.46. The summed E-state index contributed by atoms with van der Waals surface area (Å²) in [7, 11) is 0. The lowest BCUT2D eigenvalue weighted by molar-refractivity contribution is -0.384. The molecule has 130 valence electrons. The first kappa shape index (κ1) is 16.5. The van der Waals surface area contributed by atoms with E-state index in [9.17, 15) is 14.9 Å². The van der Waals surface area contributed by atoms with Gasteiger partial charge in [0.1, 0.15) is 5.60 Å². The number of benzene rings is 1. The number of ether oxygens (including phenoxy) is 1. The minimum atomic E-state index is -0.493. The summed E-state index contributed by atoms with van der Waals surface area (Å²) in [6.45, 7) is 8.86. The minimum Gasteiger partial charge on any atom is -0.444 e. The van der Waals surface area contributed by atoms with Crippen molar-refractivity contribution in [3.8, 4) is 0 Å². The number of carbonyl (C=O) groups is 1. The summed E-state index contributed by atoms with van der Waals surface area (Å²) < 4.78 is 5.47. The quantitative estimate of drug-likeness (QED) is 0.614. The molecule has 7 heteroatoms. The molecule has 2 bridgehead atoms. The fraction of sp³-hybridized carbons (Fsp3) is 0.588. The van der Waals surface area contributed by atoms with Crippen LogP contribution >= 0.6 is 0 Å². The van der Waals surface area contributed by atoms with Crippen LogP contribution in [0.25, 0.3) is 0 Å². The van der Waals surface area contributed by atoms with E-state index in [0.717, 1.165) is 24.2 Å². The second-order valence-corrected chi connectivity index (χ2v) is 7.56. The Morgan fingerprint density at radius 3 is 2.50 bits per heavy atom. The van der Waals surface area contributed by atoms with Gasteiger partial charge in [0.15, 0.2) is 0 Å². The molecule has 2 fully saturated rings. The molecule has 0 N–H and O–H groups in total. The summed E-state index contributed by atoms with van der Waals surface area (Å²) in [5.74, 6) is 0. The lowest BCUT2D eigenvalue weighted by atomic mass is 10.1. The Bertz CT molecular complexity index is 683. The van der Waals surface area contributed by atoms with E-state index in [1.54, 1.807) is 12.1 Å². The topological polar surface area (TPSA) is 75.9 Å². The van der Waals surface area contributed by atoms with E-state index in [1.165, 1.54) is 0 Å². The number of rotatable bonds is 2. The molecule has 0 aromatic heterocycles. The van der Waals surface area contributed by atoms with Gasteiger partial charge >= 0.3 is 6.09 Å². The van der Waals surface area contributed by atoms with Gasteiger partial charge in [0, 0.05) is 37.0 Å². The molecular weight excluding hydrogens is 310 g/mol. The number of anilines is 1. The van der Waals surface area contributed by atoms with Crippen LogP contribution in [-0.4, -0.2) is 46.7 Å². The molecule has 1 aromatic carbocycles. The lowest BCUT2D eigenvalue weighted by Gasteiger charge is -2.36. The zero-order chi connectivity index (χ0) is 17.6. The van der Waals surface area contributed by atoms with E-state index < -0.39 is 5.60 Å². The van der Waals surface area contributed by atoms with E-state index in [2.05, 4.69) is 4.90 Å². The number of non-ortho nitro benzene ring substituents is 1. The van der Waals surface area contributed by atoms with Crippen LogP contribution in [0.4, 0.5) is 16.2 Å². The Morgan fingerprint density at radius 1 is 1.29 bits per heavy atom. The third-order valence-electron chi connectivity index (χ3n) is 4.57. The first-order valence-corrected chi connectivity index (χ1v) is 8.17. The maximum absolute atomic E-state index is 12.3. The largest absolute Gasteiger partial charge is 0.444 e. The molecular formula is C17H23N3O4. The number of nitro benzene ring substituents is 1. The van der Waals surface area contributed by atoms with Crippen LogP contribution < -0.4 is 4.90 Å². The first-order valence-electron chi connectivity index (χ1n) is 8.17. The van der Waals surface area contributed by atoms with Crippen molar-refractivity contribution < 1.29 is 14.5 Å². The lowest BCUT2D eigenvalue weighted by Crippen LogP contribution is -2.50. The molecule has 2 unspecified atom stereocenters. The minimum absolute atomic E-state index is 0.107. The molecule has 0 radical (unpaired) electrons. The van der Waals surface area contributed by atoms with Gasteiger partial charge in [-0.2, -0.15) is 0 Å². The second-order valence-electron chi connectivity index (χ2n) is 7.56. The number of hydrogen-bond donors (Lipinski definition) is 0. The Balaban J connectivity index is 1.72. The second kappa shape index (κ2) is 5.65. The molecule has 2 atom stereocenters. The Kier molecular flexibility index (Phi) is 3.89. The predicted octanol–water partition coefficient (Wildman–Crippen LogP) is 3.10. The number of fused-ring (bicyclic) bond motifs is 2. The average molecular weight is 333 g/mol. The highest BCUT2D eigenvalue weighted by atomic mass is 16.6. The Hall–Kier alpha value is -2.31. The highest BCUT2D eigenvalue weighted by molar-refractivity contribution is 5.71. The van der Waals surface area contributed by atoms with Crippen LogP contribution in [0.1, 0.15) is 32.8 Å². The molecule has 1 amide bonds. The molecule has 0 saturated carbocycles. The van der Waals surface area contributed by atoms with Crippen molar-refractivity contribution in [2.75, 3.05) is 18.0 Å². The van der Waals surface area contributed by atoms with E-state index in [-0.39, 0.29) is 28.8 Å². The Labute approximate surface area is 141 Å². The number of nitro groups is 1. The van der Waals surface area contributed by atoms with Crippen LogP contribution in [0.5, 0.6) is 0 Å². The van der Waals surface area contributed by atoms with E-state index in [1.807, 2.05) is 38.7 Å². The number of piperazine rings is 1. The third-order valence-corrected chi connectivity index (χ3v) is 4.57. The van der Waals surface area contributed by atoms with Gasteiger partial charge in [-0.3, -0.25) is 10.1 Å². The van der Waals surface area contributed by atoms with Crippen LogP contribution in [0.15, 0.2) is 18.2 Å². The van der Waals surface area contributed by atoms with Crippen LogP contribution in [0.2, 0.25) is 0 Å². The zero-order valence-electron chi connectivity index (χ0n) is 14.5. The van der Waals surface area contributed by atoms with Gasteiger partial charge in [-0.05, 0) is 45.7 Å².